The standard InChI is InChI=1S/C41H59ClN4O6S/c1-5-51-24-23-44-19-21-45(22-20-44)29-41(50-4)17-8-9-30(2)31(3)53(48,49)43-40(47)33-13-16-39-38(26-33)46(27-34-12-15-37(34)41)18-7-6-10-32-25-36(42)14-11-35(32)28-52-39/h8,11,13-14,16-17,25-26,30-31,34,37H,5-7,9-10,12,15,18-24,27-29H2,1-4H3,(H,43,47)/b17-8+/t30-,31+,34-,37+,41+/m0/s1. The molecule has 6 rings (SSSR count). The van der Waals surface area contributed by atoms with E-state index in [1.54, 1.807) is 13.0 Å². The van der Waals surface area contributed by atoms with Crippen LogP contribution in [-0.4, -0.2) is 108 Å². The Bertz CT molecular complexity index is 1700. The van der Waals surface area contributed by atoms with Gasteiger partial charge in [0.25, 0.3) is 5.91 Å². The molecule has 0 unspecified atom stereocenters. The molecule has 3 aliphatic heterocycles. The Morgan fingerprint density at radius 2 is 1.79 bits per heavy atom. The molecule has 292 valence electrons. The lowest BCUT2D eigenvalue weighted by atomic mass is 9.63. The van der Waals surface area contributed by atoms with Crippen LogP contribution in [0.5, 0.6) is 5.75 Å². The maximum Gasteiger partial charge on any atom is 0.264 e. The Labute approximate surface area is 322 Å². The number of anilines is 1. The van der Waals surface area contributed by atoms with E-state index in [9.17, 15) is 13.2 Å². The number of halogens is 1. The largest absolute Gasteiger partial charge is 0.487 e. The second kappa shape index (κ2) is 17.9. The summed E-state index contributed by atoms with van der Waals surface area (Å²) in [6.07, 6.45) is 9.87. The Morgan fingerprint density at radius 1 is 1.00 bits per heavy atom. The normalized spacial score (nSPS) is 29.4. The van der Waals surface area contributed by atoms with Crippen molar-refractivity contribution in [3.63, 3.8) is 0 Å². The second-order valence-corrected chi connectivity index (χ2v) is 18.0. The lowest BCUT2D eigenvalue weighted by Crippen LogP contribution is -2.58. The molecule has 2 aromatic rings. The predicted octanol–water partition coefficient (Wildman–Crippen LogP) is 6.17. The van der Waals surface area contributed by atoms with Crippen molar-refractivity contribution in [2.24, 2.45) is 17.8 Å². The number of nitrogens with one attached hydrogen (secondary N) is 1. The van der Waals surface area contributed by atoms with Gasteiger partial charge in [-0.1, -0.05) is 36.7 Å². The van der Waals surface area contributed by atoms with Gasteiger partial charge in [-0.15, -0.1) is 0 Å². The van der Waals surface area contributed by atoms with Crippen LogP contribution in [0.2, 0.25) is 5.02 Å². The van der Waals surface area contributed by atoms with E-state index in [0.29, 0.717) is 35.3 Å². The fourth-order valence-corrected chi connectivity index (χ4v) is 9.97. The molecule has 2 aromatic carbocycles. The number of amides is 1. The number of ether oxygens (including phenoxy) is 3. The first kappa shape index (κ1) is 40.0. The summed E-state index contributed by atoms with van der Waals surface area (Å²) in [7, 11) is -2.11. The van der Waals surface area contributed by atoms with Crippen molar-refractivity contribution >= 4 is 33.2 Å². The fraction of sp³-hybridized carbons (Fsp3) is 0.634. The summed E-state index contributed by atoms with van der Waals surface area (Å²) in [6, 6.07) is 11.3. The topological polar surface area (TPSA) is 101 Å². The molecule has 12 heteroatoms. The van der Waals surface area contributed by atoms with E-state index in [1.807, 2.05) is 51.3 Å². The van der Waals surface area contributed by atoms with Crippen molar-refractivity contribution in [3.05, 3.63) is 70.3 Å². The summed E-state index contributed by atoms with van der Waals surface area (Å²) in [5.74, 6) is 0.444. The van der Waals surface area contributed by atoms with Crippen LogP contribution in [0.15, 0.2) is 48.6 Å². The van der Waals surface area contributed by atoms with Crippen molar-refractivity contribution in [1.29, 1.82) is 0 Å². The van der Waals surface area contributed by atoms with Crippen molar-refractivity contribution in [3.8, 4) is 5.75 Å². The van der Waals surface area contributed by atoms with Crippen molar-refractivity contribution in [2.75, 3.05) is 77.6 Å². The molecule has 1 saturated heterocycles. The summed E-state index contributed by atoms with van der Waals surface area (Å²) in [4.78, 5) is 21.0. The van der Waals surface area contributed by atoms with Gasteiger partial charge in [0.15, 0.2) is 0 Å². The van der Waals surface area contributed by atoms with Crippen molar-refractivity contribution in [2.45, 2.75) is 76.8 Å². The fourth-order valence-electron chi connectivity index (χ4n) is 8.49. The first-order valence-electron chi connectivity index (χ1n) is 19.6. The number of hydrogen-bond donors (Lipinski definition) is 1. The van der Waals surface area contributed by atoms with Crippen LogP contribution in [0.4, 0.5) is 5.69 Å². The minimum Gasteiger partial charge on any atom is -0.487 e. The van der Waals surface area contributed by atoms with E-state index in [4.69, 9.17) is 25.8 Å². The van der Waals surface area contributed by atoms with Gasteiger partial charge < -0.3 is 19.1 Å². The number of aryl methyl sites for hydroxylation is 1. The molecule has 2 fully saturated rings. The van der Waals surface area contributed by atoms with Crippen LogP contribution in [0, 0.1) is 17.8 Å². The van der Waals surface area contributed by atoms with Crippen LogP contribution in [0.1, 0.15) is 74.4 Å². The minimum absolute atomic E-state index is 0.223. The van der Waals surface area contributed by atoms with Gasteiger partial charge in [0.05, 0.1) is 17.5 Å². The first-order valence-corrected chi connectivity index (χ1v) is 21.5. The lowest BCUT2D eigenvalue weighted by molar-refractivity contribution is -0.0957. The molecule has 0 aromatic heterocycles. The van der Waals surface area contributed by atoms with E-state index in [0.717, 1.165) is 109 Å². The molecule has 1 N–H and O–H groups in total. The molecule has 53 heavy (non-hydrogen) atoms. The minimum atomic E-state index is -3.96. The Morgan fingerprint density at radius 3 is 2.53 bits per heavy atom. The average Bonchev–Trinajstić information content (AvgIpc) is 3.16. The van der Waals surface area contributed by atoms with E-state index < -0.39 is 26.8 Å². The number of rotatable bonds is 7. The zero-order valence-corrected chi connectivity index (χ0v) is 33.6. The van der Waals surface area contributed by atoms with Gasteiger partial charge in [0, 0.05) is 76.7 Å². The Balaban J connectivity index is 1.34. The quantitative estimate of drug-likeness (QED) is 0.262. The number of sulfonamides is 1. The lowest BCUT2D eigenvalue weighted by Gasteiger charge is -2.52. The van der Waals surface area contributed by atoms with Gasteiger partial charge in [-0.05, 0) is 112 Å². The summed E-state index contributed by atoms with van der Waals surface area (Å²) < 4.78 is 48.4. The van der Waals surface area contributed by atoms with E-state index in [-0.39, 0.29) is 11.8 Å². The zero-order valence-electron chi connectivity index (χ0n) is 32.0. The number of hydrogen-bond acceptors (Lipinski definition) is 9. The maximum atomic E-state index is 13.6. The van der Waals surface area contributed by atoms with E-state index in [1.165, 1.54) is 5.56 Å². The summed E-state index contributed by atoms with van der Waals surface area (Å²) in [5, 5.41) is -0.0648. The van der Waals surface area contributed by atoms with Gasteiger partial charge in [-0.25, -0.2) is 13.1 Å². The highest BCUT2D eigenvalue weighted by Gasteiger charge is 2.48. The molecule has 1 aliphatic carbocycles. The molecule has 5 atom stereocenters. The molecular formula is C41H59ClN4O6S. The molecule has 0 spiro atoms. The van der Waals surface area contributed by atoms with Crippen LogP contribution in [0.3, 0.4) is 0 Å². The molecule has 1 amide bonds. The summed E-state index contributed by atoms with van der Waals surface area (Å²) in [6.45, 7) is 14.7. The molecule has 0 radical (unpaired) electrons. The Kier molecular flexibility index (Phi) is 13.5. The number of benzene rings is 2. The summed E-state index contributed by atoms with van der Waals surface area (Å²) >= 11 is 6.41. The van der Waals surface area contributed by atoms with Gasteiger partial charge >= 0.3 is 0 Å². The van der Waals surface area contributed by atoms with E-state index in [2.05, 4.69) is 31.6 Å². The third-order valence-electron chi connectivity index (χ3n) is 12.2. The van der Waals surface area contributed by atoms with Crippen LogP contribution in [-0.2, 0) is 32.5 Å². The van der Waals surface area contributed by atoms with Crippen LogP contribution < -0.4 is 14.4 Å². The van der Waals surface area contributed by atoms with Crippen LogP contribution >= 0.6 is 11.6 Å². The van der Waals surface area contributed by atoms with E-state index >= 15 is 0 Å². The number of nitrogens with zero attached hydrogens (tertiary/aromatic N) is 3. The maximum absolute atomic E-state index is 13.6. The smallest absolute Gasteiger partial charge is 0.264 e. The Hall–Kier alpha value is -2.67. The molecule has 2 bridgehead atoms. The molecule has 1 saturated carbocycles. The highest BCUT2D eigenvalue weighted by molar-refractivity contribution is 7.90. The monoisotopic (exact) mass is 770 g/mol. The molecular weight excluding hydrogens is 712 g/mol. The predicted molar refractivity (Wildman–Crippen MR) is 211 cm³/mol. The SMILES string of the molecule is CCOCCN1CCN(C[C@]2(OC)/C=C/C[C@H](C)[C@@H](C)S(=O)(=O)NC(=O)c3ccc4c(c3)N(CCCCc3cc(Cl)ccc3CO4)C[C@@H]3CC[C@H]32)CC1. The number of methoxy groups -OCH3 is 1. The van der Waals surface area contributed by atoms with Gasteiger partial charge in [-0.3, -0.25) is 14.6 Å². The highest BCUT2D eigenvalue weighted by Crippen LogP contribution is 2.47. The van der Waals surface area contributed by atoms with Crippen molar-refractivity contribution < 1.29 is 27.4 Å². The third-order valence-corrected chi connectivity index (χ3v) is 14.4. The average molecular weight is 771 g/mol. The van der Waals surface area contributed by atoms with Gasteiger partial charge in [0.1, 0.15) is 18.0 Å². The third kappa shape index (κ3) is 9.59. The summed E-state index contributed by atoms with van der Waals surface area (Å²) in [5.41, 5.74) is 2.86. The van der Waals surface area contributed by atoms with Gasteiger partial charge in [0.2, 0.25) is 10.0 Å². The highest BCUT2D eigenvalue weighted by atomic mass is 35.5. The second-order valence-electron chi connectivity index (χ2n) is 15.5. The number of piperazine rings is 1. The zero-order chi connectivity index (χ0) is 37.6. The number of allylic oxidation sites excluding steroid dienone is 1. The molecule has 3 heterocycles. The molecule has 4 aliphatic rings. The number of fused-ring (bicyclic) bond motifs is 3. The van der Waals surface area contributed by atoms with Crippen molar-refractivity contribution in [1.82, 2.24) is 14.5 Å². The molecule has 10 nitrogen and oxygen atoms in total. The number of carbonyl (C=O) groups excluding carboxylic acids is 1. The van der Waals surface area contributed by atoms with Gasteiger partial charge in [-0.2, -0.15) is 0 Å². The van der Waals surface area contributed by atoms with Crippen LogP contribution in [0.25, 0.3) is 0 Å². The first-order chi connectivity index (χ1) is 25.5. The number of carbonyl (C=O) groups is 1.